The first-order valence-electron chi connectivity index (χ1n) is 5.28. The first-order chi connectivity index (χ1) is 7.99. The van der Waals surface area contributed by atoms with E-state index in [-0.39, 0.29) is 19.0 Å². The Morgan fingerprint density at radius 3 is 2.47 bits per heavy atom. The molecular weight excluding hydrogens is 220 g/mol. The van der Waals surface area contributed by atoms with Crippen LogP contribution in [0, 0.1) is 13.8 Å². The van der Waals surface area contributed by atoms with Gasteiger partial charge in [-0.1, -0.05) is 6.07 Å². The van der Waals surface area contributed by atoms with Crippen molar-refractivity contribution < 1.29 is 14.7 Å². The summed E-state index contributed by atoms with van der Waals surface area (Å²) in [5, 5.41) is 13.6. The summed E-state index contributed by atoms with van der Waals surface area (Å²) in [5.41, 5.74) is 2.98. The average molecular weight is 236 g/mol. The van der Waals surface area contributed by atoms with E-state index in [9.17, 15) is 9.59 Å². The Morgan fingerprint density at radius 1 is 1.18 bits per heavy atom. The third-order valence-electron chi connectivity index (χ3n) is 2.35. The topological polar surface area (TPSA) is 78.4 Å². The predicted octanol–water partition coefficient (Wildman–Crippen LogP) is 0.916. The van der Waals surface area contributed by atoms with Crippen LogP contribution in [0.5, 0.6) is 0 Å². The van der Waals surface area contributed by atoms with Gasteiger partial charge < -0.3 is 10.4 Å². The van der Waals surface area contributed by atoms with Gasteiger partial charge in [0.2, 0.25) is 5.91 Å². The lowest BCUT2D eigenvalue weighted by atomic mass is 10.1. The minimum Gasteiger partial charge on any atom is -0.480 e. The highest BCUT2D eigenvalue weighted by Crippen LogP contribution is 2.13. The summed E-state index contributed by atoms with van der Waals surface area (Å²) < 4.78 is 0. The molecule has 5 nitrogen and oxygen atoms in total. The smallest absolute Gasteiger partial charge is 0.317 e. The zero-order chi connectivity index (χ0) is 12.8. The molecule has 17 heavy (non-hydrogen) atoms. The average Bonchev–Trinajstić information content (AvgIpc) is 2.23. The van der Waals surface area contributed by atoms with E-state index in [2.05, 4.69) is 10.6 Å². The number of amides is 1. The van der Waals surface area contributed by atoms with Crippen molar-refractivity contribution in [3.8, 4) is 0 Å². The van der Waals surface area contributed by atoms with E-state index >= 15 is 0 Å². The van der Waals surface area contributed by atoms with Gasteiger partial charge in [0.1, 0.15) is 0 Å². The molecule has 1 aromatic carbocycles. The monoisotopic (exact) mass is 236 g/mol. The van der Waals surface area contributed by atoms with Crippen LogP contribution in [-0.4, -0.2) is 30.1 Å². The van der Waals surface area contributed by atoms with Crippen LogP contribution in [0.4, 0.5) is 5.69 Å². The van der Waals surface area contributed by atoms with Gasteiger partial charge in [-0.15, -0.1) is 0 Å². The highest BCUT2D eigenvalue weighted by atomic mass is 16.4. The maximum atomic E-state index is 11.4. The summed E-state index contributed by atoms with van der Waals surface area (Å²) >= 11 is 0. The number of carbonyl (C=O) groups is 2. The maximum absolute atomic E-state index is 11.4. The Balaban J connectivity index is 2.45. The van der Waals surface area contributed by atoms with Gasteiger partial charge in [0.25, 0.3) is 0 Å². The molecule has 0 radical (unpaired) electrons. The van der Waals surface area contributed by atoms with Crippen LogP contribution in [0.3, 0.4) is 0 Å². The zero-order valence-electron chi connectivity index (χ0n) is 9.91. The van der Waals surface area contributed by atoms with Crippen LogP contribution in [-0.2, 0) is 9.59 Å². The number of benzene rings is 1. The van der Waals surface area contributed by atoms with Crippen LogP contribution in [0.25, 0.3) is 0 Å². The molecule has 0 atom stereocenters. The second-order valence-corrected chi connectivity index (χ2v) is 3.84. The van der Waals surface area contributed by atoms with Gasteiger partial charge in [-0.05, 0) is 37.1 Å². The number of hydrogen-bond acceptors (Lipinski definition) is 3. The minimum absolute atomic E-state index is 0.0147. The van der Waals surface area contributed by atoms with E-state index in [0.29, 0.717) is 0 Å². The zero-order valence-corrected chi connectivity index (χ0v) is 9.91. The molecule has 0 aliphatic heterocycles. The lowest BCUT2D eigenvalue weighted by Gasteiger charge is -2.07. The molecule has 0 saturated carbocycles. The molecular formula is C12H16N2O3. The second kappa shape index (κ2) is 6.00. The van der Waals surface area contributed by atoms with E-state index < -0.39 is 5.97 Å². The number of rotatable bonds is 5. The molecule has 1 amide bonds. The van der Waals surface area contributed by atoms with Crippen molar-refractivity contribution in [1.29, 1.82) is 0 Å². The number of aliphatic carboxylic acids is 1. The fraction of sp³-hybridized carbons (Fsp3) is 0.333. The number of anilines is 1. The molecule has 0 spiro atoms. The number of carbonyl (C=O) groups excluding carboxylic acids is 1. The van der Waals surface area contributed by atoms with Crippen molar-refractivity contribution in [1.82, 2.24) is 5.32 Å². The van der Waals surface area contributed by atoms with Crippen LogP contribution in [0.1, 0.15) is 11.1 Å². The fourth-order valence-corrected chi connectivity index (χ4v) is 1.31. The number of nitrogens with one attached hydrogen (secondary N) is 2. The summed E-state index contributed by atoms with van der Waals surface area (Å²) in [7, 11) is 0. The van der Waals surface area contributed by atoms with Crippen LogP contribution in [0.15, 0.2) is 18.2 Å². The van der Waals surface area contributed by atoms with E-state index in [1.807, 2.05) is 32.0 Å². The third kappa shape index (κ3) is 4.65. The van der Waals surface area contributed by atoms with E-state index in [4.69, 9.17) is 5.11 Å². The molecule has 0 bridgehead atoms. The van der Waals surface area contributed by atoms with Gasteiger partial charge in [0.05, 0.1) is 13.1 Å². The molecule has 1 rings (SSSR count). The predicted molar refractivity (Wildman–Crippen MR) is 65.1 cm³/mol. The van der Waals surface area contributed by atoms with Crippen molar-refractivity contribution >= 4 is 17.6 Å². The SMILES string of the molecule is Cc1ccc(NC(=O)CNCC(=O)O)cc1C. The Kier molecular flexibility index (Phi) is 4.66. The van der Waals surface area contributed by atoms with Crippen molar-refractivity contribution in [2.24, 2.45) is 0 Å². The number of hydrogen-bond donors (Lipinski definition) is 3. The van der Waals surface area contributed by atoms with Gasteiger partial charge in [-0.25, -0.2) is 0 Å². The summed E-state index contributed by atoms with van der Waals surface area (Å²) in [6.45, 7) is 3.72. The molecule has 0 heterocycles. The molecule has 3 N–H and O–H groups in total. The second-order valence-electron chi connectivity index (χ2n) is 3.84. The van der Waals surface area contributed by atoms with Crippen molar-refractivity contribution in [2.45, 2.75) is 13.8 Å². The summed E-state index contributed by atoms with van der Waals surface area (Å²) in [6.07, 6.45) is 0. The minimum atomic E-state index is -0.982. The van der Waals surface area contributed by atoms with Gasteiger partial charge in [-0.2, -0.15) is 0 Å². The number of carboxylic acids is 1. The van der Waals surface area contributed by atoms with E-state index in [1.165, 1.54) is 0 Å². The summed E-state index contributed by atoms with van der Waals surface area (Å²) in [4.78, 5) is 21.7. The Hall–Kier alpha value is -1.88. The molecule has 1 aromatic rings. The molecule has 0 fully saturated rings. The quantitative estimate of drug-likeness (QED) is 0.710. The molecule has 0 aliphatic rings. The lowest BCUT2D eigenvalue weighted by molar-refractivity contribution is -0.135. The van der Waals surface area contributed by atoms with Crippen LogP contribution in [0.2, 0.25) is 0 Å². The molecule has 0 aromatic heterocycles. The molecule has 0 aliphatic carbocycles. The van der Waals surface area contributed by atoms with Crippen LogP contribution < -0.4 is 10.6 Å². The Morgan fingerprint density at radius 2 is 1.88 bits per heavy atom. The number of aryl methyl sites for hydroxylation is 2. The normalized spacial score (nSPS) is 10.0. The van der Waals surface area contributed by atoms with E-state index in [1.54, 1.807) is 0 Å². The lowest BCUT2D eigenvalue weighted by Crippen LogP contribution is -2.31. The summed E-state index contributed by atoms with van der Waals surface area (Å²) in [6, 6.07) is 5.62. The summed E-state index contributed by atoms with van der Waals surface area (Å²) in [5.74, 6) is -1.24. The highest BCUT2D eigenvalue weighted by molar-refractivity contribution is 5.92. The molecule has 5 heteroatoms. The van der Waals surface area contributed by atoms with Gasteiger partial charge in [0, 0.05) is 5.69 Å². The molecule has 0 unspecified atom stereocenters. The largest absolute Gasteiger partial charge is 0.480 e. The standard InChI is InChI=1S/C12H16N2O3/c1-8-3-4-10(5-9(8)2)14-11(15)6-13-7-12(16)17/h3-5,13H,6-7H2,1-2H3,(H,14,15)(H,16,17). The van der Waals surface area contributed by atoms with Gasteiger partial charge >= 0.3 is 5.97 Å². The van der Waals surface area contributed by atoms with Crippen LogP contribution >= 0.6 is 0 Å². The third-order valence-corrected chi connectivity index (χ3v) is 2.35. The Bertz CT molecular complexity index is 430. The van der Waals surface area contributed by atoms with Crippen molar-refractivity contribution in [3.05, 3.63) is 29.3 Å². The first-order valence-corrected chi connectivity index (χ1v) is 5.28. The van der Waals surface area contributed by atoms with Crippen molar-refractivity contribution in [3.63, 3.8) is 0 Å². The van der Waals surface area contributed by atoms with Gasteiger partial charge in [0.15, 0.2) is 0 Å². The Labute approximate surface area is 99.8 Å². The first kappa shape index (κ1) is 13.2. The highest BCUT2D eigenvalue weighted by Gasteiger charge is 2.04. The molecule has 92 valence electrons. The fourth-order valence-electron chi connectivity index (χ4n) is 1.31. The van der Waals surface area contributed by atoms with E-state index in [0.717, 1.165) is 16.8 Å². The van der Waals surface area contributed by atoms with Gasteiger partial charge in [-0.3, -0.25) is 14.9 Å². The number of carboxylic acid groups (broad SMARTS) is 1. The maximum Gasteiger partial charge on any atom is 0.317 e. The molecule has 0 saturated heterocycles. The van der Waals surface area contributed by atoms with Crippen molar-refractivity contribution in [2.75, 3.05) is 18.4 Å².